The Kier molecular flexibility index (Phi) is 3.39. The molecular weight excluding hydrogens is 304 g/mol. The van der Waals surface area contributed by atoms with Crippen LogP contribution in [-0.2, 0) is 14.4 Å². The molecule has 3 atom stereocenters. The summed E-state index contributed by atoms with van der Waals surface area (Å²) in [5, 5.41) is 1.71. The first-order valence-electron chi connectivity index (χ1n) is 7.97. The molecule has 2 amide bonds. The SMILES string of the molecule is Cc1ccc([C@@H]2[C@H]3C(=O)N(C)C(=O)[C@H]3ON2c2ccccc2)cc1. The number of hydrogen-bond donors (Lipinski definition) is 0. The van der Waals surface area contributed by atoms with Crippen molar-refractivity contribution in [2.24, 2.45) is 5.92 Å². The van der Waals surface area contributed by atoms with Crippen molar-refractivity contribution < 1.29 is 14.4 Å². The minimum absolute atomic E-state index is 0.186. The quantitative estimate of drug-likeness (QED) is 0.797. The molecule has 5 nitrogen and oxygen atoms in total. The number of likely N-dealkylation sites (N-methyl/N-ethyl adjacent to an activating group) is 1. The number of amides is 2. The molecule has 2 saturated heterocycles. The van der Waals surface area contributed by atoms with E-state index in [-0.39, 0.29) is 17.9 Å². The van der Waals surface area contributed by atoms with Gasteiger partial charge in [-0.25, -0.2) is 5.06 Å². The van der Waals surface area contributed by atoms with E-state index in [1.54, 1.807) is 5.06 Å². The zero-order chi connectivity index (χ0) is 16.8. The summed E-state index contributed by atoms with van der Waals surface area (Å²) in [4.78, 5) is 32.1. The van der Waals surface area contributed by atoms with Gasteiger partial charge >= 0.3 is 0 Å². The summed E-state index contributed by atoms with van der Waals surface area (Å²) in [6.45, 7) is 2.02. The van der Waals surface area contributed by atoms with Crippen LogP contribution in [0.25, 0.3) is 0 Å². The van der Waals surface area contributed by atoms with E-state index in [0.29, 0.717) is 0 Å². The summed E-state index contributed by atoms with van der Waals surface area (Å²) >= 11 is 0. The number of carbonyl (C=O) groups excluding carboxylic acids is 2. The fourth-order valence-corrected chi connectivity index (χ4v) is 3.45. The summed E-state index contributed by atoms with van der Waals surface area (Å²) in [5.74, 6) is -0.986. The second kappa shape index (κ2) is 5.46. The Bertz CT molecular complexity index is 788. The summed E-state index contributed by atoms with van der Waals surface area (Å²) in [7, 11) is 1.52. The molecule has 0 radical (unpaired) electrons. The number of nitrogens with zero attached hydrogens (tertiary/aromatic N) is 2. The van der Waals surface area contributed by atoms with Gasteiger partial charge in [0.05, 0.1) is 11.7 Å². The molecule has 0 unspecified atom stereocenters. The number of rotatable bonds is 2. The highest BCUT2D eigenvalue weighted by atomic mass is 16.7. The van der Waals surface area contributed by atoms with E-state index in [1.165, 1.54) is 11.9 Å². The maximum Gasteiger partial charge on any atom is 0.261 e. The first kappa shape index (κ1) is 14.9. The normalized spacial score (nSPS) is 26.2. The van der Waals surface area contributed by atoms with E-state index < -0.39 is 12.0 Å². The van der Waals surface area contributed by atoms with Crippen LogP contribution in [0.15, 0.2) is 54.6 Å². The third-order valence-corrected chi connectivity index (χ3v) is 4.77. The van der Waals surface area contributed by atoms with Gasteiger partial charge in [-0.1, -0.05) is 48.0 Å². The molecule has 122 valence electrons. The number of carbonyl (C=O) groups is 2. The number of anilines is 1. The lowest BCUT2D eigenvalue weighted by molar-refractivity contribution is -0.141. The lowest BCUT2D eigenvalue weighted by Gasteiger charge is -2.28. The van der Waals surface area contributed by atoms with Crippen molar-refractivity contribution in [3.63, 3.8) is 0 Å². The summed E-state index contributed by atoms with van der Waals surface area (Å²) in [5.41, 5.74) is 2.94. The number of hydroxylamine groups is 1. The molecule has 0 saturated carbocycles. The monoisotopic (exact) mass is 322 g/mol. The van der Waals surface area contributed by atoms with Crippen molar-refractivity contribution in [1.29, 1.82) is 0 Å². The van der Waals surface area contributed by atoms with Crippen molar-refractivity contribution in [2.75, 3.05) is 12.1 Å². The van der Waals surface area contributed by atoms with Crippen molar-refractivity contribution in [3.8, 4) is 0 Å². The molecule has 2 heterocycles. The number of likely N-dealkylation sites (tertiary alicyclic amines) is 1. The third-order valence-electron chi connectivity index (χ3n) is 4.77. The van der Waals surface area contributed by atoms with E-state index in [9.17, 15) is 9.59 Å². The minimum Gasteiger partial charge on any atom is -0.283 e. The second-order valence-corrected chi connectivity index (χ2v) is 6.30. The number of hydrogen-bond acceptors (Lipinski definition) is 4. The van der Waals surface area contributed by atoms with Crippen molar-refractivity contribution in [2.45, 2.75) is 19.1 Å². The fourth-order valence-electron chi connectivity index (χ4n) is 3.45. The Morgan fingerprint density at radius 2 is 1.58 bits per heavy atom. The number of imide groups is 1. The molecule has 2 aromatic rings. The average molecular weight is 322 g/mol. The van der Waals surface area contributed by atoms with Gasteiger partial charge in [0.2, 0.25) is 5.91 Å². The fraction of sp³-hybridized carbons (Fsp3) is 0.263. The smallest absolute Gasteiger partial charge is 0.261 e. The largest absolute Gasteiger partial charge is 0.283 e. The van der Waals surface area contributed by atoms with E-state index in [4.69, 9.17) is 4.84 Å². The van der Waals surface area contributed by atoms with Crippen LogP contribution < -0.4 is 5.06 Å². The maximum absolute atomic E-state index is 12.6. The average Bonchev–Trinajstić information content (AvgIpc) is 3.09. The predicted molar refractivity (Wildman–Crippen MR) is 89.0 cm³/mol. The molecule has 5 heteroatoms. The Hall–Kier alpha value is -2.66. The van der Waals surface area contributed by atoms with Crippen LogP contribution in [0.3, 0.4) is 0 Å². The highest BCUT2D eigenvalue weighted by Crippen LogP contribution is 2.46. The zero-order valence-electron chi connectivity index (χ0n) is 13.5. The van der Waals surface area contributed by atoms with Crippen LogP contribution in [0.2, 0.25) is 0 Å². The van der Waals surface area contributed by atoms with Crippen LogP contribution >= 0.6 is 0 Å². The molecule has 2 fully saturated rings. The lowest BCUT2D eigenvalue weighted by atomic mass is 9.90. The van der Waals surface area contributed by atoms with Gasteiger partial charge in [0.1, 0.15) is 5.92 Å². The molecule has 0 N–H and O–H groups in total. The van der Waals surface area contributed by atoms with Gasteiger partial charge in [0, 0.05) is 7.05 Å². The Morgan fingerprint density at radius 1 is 0.917 bits per heavy atom. The van der Waals surface area contributed by atoms with Crippen LogP contribution in [-0.4, -0.2) is 29.9 Å². The summed E-state index contributed by atoms with van der Waals surface area (Å²) < 4.78 is 0. The van der Waals surface area contributed by atoms with Crippen LogP contribution in [0.4, 0.5) is 5.69 Å². The molecule has 0 aromatic heterocycles. The number of benzene rings is 2. The second-order valence-electron chi connectivity index (χ2n) is 6.30. The molecule has 24 heavy (non-hydrogen) atoms. The predicted octanol–water partition coefficient (Wildman–Crippen LogP) is 2.47. The highest BCUT2D eigenvalue weighted by Gasteiger charge is 2.58. The van der Waals surface area contributed by atoms with Gasteiger partial charge in [-0.15, -0.1) is 0 Å². The number of fused-ring (bicyclic) bond motifs is 1. The standard InChI is InChI=1S/C19H18N2O3/c1-12-8-10-13(11-9-12)16-15-17(19(23)20(2)18(15)22)24-21(16)14-6-4-3-5-7-14/h3-11,15-17H,1-2H3/t15-,16-,17+/m1/s1. The van der Waals surface area contributed by atoms with Gasteiger partial charge in [0.25, 0.3) is 5.91 Å². The van der Waals surface area contributed by atoms with E-state index >= 15 is 0 Å². The lowest BCUT2D eigenvalue weighted by Crippen LogP contribution is -2.34. The first-order chi connectivity index (χ1) is 11.6. The van der Waals surface area contributed by atoms with Crippen molar-refractivity contribution in [1.82, 2.24) is 4.90 Å². The van der Waals surface area contributed by atoms with Gasteiger partial charge in [-0.2, -0.15) is 0 Å². The number of para-hydroxylation sites is 1. The molecule has 0 aliphatic carbocycles. The summed E-state index contributed by atoms with van der Waals surface area (Å²) in [6, 6.07) is 17.3. The third kappa shape index (κ3) is 2.12. The van der Waals surface area contributed by atoms with Crippen LogP contribution in [0, 0.1) is 12.8 Å². The molecule has 2 aliphatic rings. The molecule has 0 bridgehead atoms. The van der Waals surface area contributed by atoms with Gasteiger partial charge in [0.15, 0.2) is 6.10 Å². The van der Waals surface area contributed by atoms with E-state index in [2.05, 4.69) is 0 Å². The Labute approximate surface area is 140 Å². The van der Waals surface area contributed by atoms with E-state index in [1.807, 2.05) is 61.5 Å². The molecule has 4 rings (SSSR count). The molecular formula is C19H18N2O3. The van der Waals surface area contributed by atoms with Crippen molar-refractivity contribution >= 4 is 17.5 Å². The van der Waals surface area contributed by atoms with E-state index in [0.717, 1.165) is 16.8 Å². The Morgan fingerprint density at radius 3 is 2.25 bits per heavy atom. The highest BCUT2D eigenvalue weighted by molar-refractivity contribution is 6.07. The molecule has 0 spiro atoms. The van der Waals surface area contributed by atoms with Gasteiger partial charge in [-0.3, -0.25) is 19.3 Å². The van der Waals surface area contributed by atoms with Crippen LogP contribution in [0.1, 0.15) is 17.2 Å². The minimum atomic E-state index is -0.756. The Balaban J connectivity index is 1.81. The maximum atomic E-state index is 12.6. The van der Waals surface area contributed by atoms with Crippen molar-refractivity contribution in [3.05, 3.63) is 65.7 Å². The van der Waals surface area contributed by atoms with Gasteiger partial charge < -0.3 is 0 Å². The van der Waals surface area contributed by atoms with Gasteiger partial charge in [-0.05, 0) is 24.6 Å². The van der Waals surface area contributed by atoms with Crippen LogP contribution in [0.5, 0.6) is 0 Å². The molecule has 2 aromatic carbocycles. The first-order valence-corrected chi connectivity index (χ1v) is 7.97. The summed E-state index contributed by atoms with van der Waals surface area (Å²) in [6.07, 6.45) is -0.756. The molecule has 2 aliphatic heterocycles. The zero-order valence-corrected chi connectivity index (χ0v) is 13.5. The number of aryl methyl sites for hydroxylation is 1. The topological polar surface area (TPSA) is 49.9 Å².